The third kappa shape index (κ3) is 4.23. The lowest BCUT2D eigenvalue weighted by molar-refractivity contribution is -0.121. The molecule has 5 nitrogen and oxygen atoms in total. The minimum absolute atomic E-state index is 0.0265. The van der Waals surface area contributed by atoms with E-state index in [1.165, 1.54) is 0 Å². The molecule has 1 aliphatic heterocycles. The molecule has 1 unspecified atom stereocenters. The second-order valence-electron chi connectivity index (χ2n) is 6.30. The third-order valence-electron chi connectivity index (χ3n) is 4.65. The number of benzene rings is 2. The minimum Gasteiger partial charge on any atom is -0.399 e. The summed E-state index contributed by atoms with van der Waals surface area (Å²) in [6.45, 7) is 5.11. The van der Waals surface area contributed by atoms with Gasteiger partial charge in [-0.3, -0.25) is 9.69 Å². The molecular formula is C19H22Cl2N4O. The first-order chi connectivity index (χ1) is 12.5. The molecule has 0 saturated carbocycles. The third-order valence-corrected chi connectivity index (χ3v) is 5.39. The summed E-state index contributed by atoms with van der Waals surface area (Å²) in [5, 5.41) is 4.03. The molecule has 1 heterocycles. The molecule has 0 radical (unpaired) electrons. The Bertz CT molecular complexity index is 782. The van der Waals surface area contributed by atoms with Crippen LogP contribution in [0.3, 0.4) is 0 Å². The molecule has 0 aliphatic carbocycles. The van der Waals surface area contributed by atoms with Crippen LogP contribution < -0.4 is 16.0 Å². The topological polar surface area (TPSA) is 61.6 Å². The van der Waals surface area contributed by atoms with Crippen LogP contribution in [0, 0.1) is 0 Å². The molecule has 1 amide bonds. The second-order valence-corrected chi connectivity index (χ2v) is 7.11. The van der Waals surface area contributed by atoms with Crippen molar-refractivity contribution >= 4 is 46.2 Å². The number of nitrogens with two attached hydrogens (primary N) is 1. The van der Waals surface area contributed by atoms with Crippen molar-refractivity contribution in [2.75, 3.05) is 42.1 Å². The molecule has 0 spiro atoms. The predicted molar refractivity (Wildman–Crippen MR) is 109 cm³/mol. The zero-order valence-electron chi connectivity index (χ0n) is 14.6. The maximum atomic E-state index is 12.9. The van der Waals surface area contributed by atoms with Crippen molar-refractivity contribution in [1.82, 2.24) is 4.90 Å². The van der Waals surface area contributed by atoms with E-state index in [-0.39, 0.29) is 11.9 Å². The van der Waals surface area contributed by atoms with Gasteiger partial charge in [-0.1, -0.05) is 30.1 Å². The summed E-state index contributed by atoms with van der Waals surface area (Å²) in [5.74, 6) is -0.0265. The lowest BCUT2D eigenvalue weighted by Gasteiger charge is -2.41. The van der Waals surface area contributed by atoms with Crippen LogP contribution in [0.5, 0.6) is 0 Å². The fourth-order valence-corrected chi connectivity index (χ4v) is 3.45. The average Bonchev–Trinajstić information content (AvgIpc) is 2.65. The molecule has 3 rings (SSSR count). The van der Waals surface area contributed by atoms with Crippen LogP contribution in [-0.2, 0) is 4.79 Å². The molecule has 2 aromatic rings. The fraction of sp³-hybridized carbons (Fsp3) is 0.316. The van der Waals surface area contributed by atoms with Gasteiger partial charge >= 0.3 is 0 Å². The van der Waals surface area contributed by atoms with E-state index in [4.69, 9.17) is 28.9 Å². The highest BCUT2D eigenvalue weighted by molar-refractivity contribution is 6.42. The van der Waals surface area contributed by atoms with Crippen molar-refractivity contribution in [2.45, 2.75) is 13.0 Å². The van der Waals surface area contributed by atoms with Gasteiger partial charge in [0, 0.05) is 36.7 Å². The maximum absolute atomic E-state index is 12.9. The zero-order valence-corrected chi connectivity index (χ0v) is 16.1. The van der Waals surface area contributed by atoms with E-state index in [0.717, 1.165) is 31.0 Å². The summed E-state index contributed by atoms with van der Waals surface area (Å²) in [6.07, 6.45) is 0. The van der Waals surface area contributed by atoms with Crippen LogP contribution in [0.2, 0.25) is 10.0 Å². The van der Waals surface area contributed by atoms with Crippen LogP contribution >= 0.6 is 23.2 Å². The summed E-state index contributed by atoms with van der Waals surface area (Å²) >= 11 is 12.2. The summed E-state index contributed by atoms with van der Waals surface area (Å²) in [4.78, 5) is 17.2. The summed E-state index contributed by atoms with van der Waals surface area (Å²) in [5.41, 5.74) is 8.08. The van der Waals surface area contributed by atoms with Crippen molar-refractivity contribution in [2.24, 2.45) is 0 Å². The largest absolute Gasteiger partial charge is 0.399 e. The molecule has 1 saturated heterocycles. The molecule has 3 N–H and O–H groups in total. The van der Waals surface area contributed by atoms with E-state index in [9.17, 15) is 4.79 Å². The number of nitrogen functional groups attached to an aromatic ring is 1. The SMILES string of the molecule is CCN1CCN(c2ccc(Cl)c(Cl)c2)CC1C(=O)Nc1ccc(N)cc1. The normalized spacial score (nSPS) is 18.0. The van der Waals surface area contributed by atoms with E-state index in [1.807, 2.05) is 24.3 Å². The number of amides is 1. The van der Waals surface area contributed by atoms with Crippen molar-refractivity contribution < 1.29 is 4.79 Å². The first kappa shape index (κ1) is 18.8. The molecule has 2 aromatic carbocycles. The number of piperazine rings is 1. The van der Waals surface area contributed by atoms with E-state index in [0.29, 0.717) is 22.3 Å². The highest BCUT2D eigenvalue weighted by Gasteiger charge is 2.31. The molecule has 0 bridgehead atoms. The number of hydrogen-bond donors (Lipinski definition) is 2. The van der Waals surface area contributed by atoms with Crippen molar-refractivity contribution in [3.05, 3.63) is 52.5 Å². The van der Waals surface area contributed by atoms with E-state index in [1.54, 1.807) is 18.2 Å². The number of hydrogen-bond acceptors (Lipinski definition) is 4. The van der Waals surface area contributed by atoms with Gasteiger partial charge in [-0.25, -0.2) is 0 Å². The number of likely N-dealkylation sites (N-methyl/N-ethyl adjacent to an activating group) is 1. The Kier molecular flexibility index (Phi) is 5.91. The molecule has 1 aliphatic rings. The van der Waals surface area contributed by atoms with Crippen LogP contribution in [0.1, 0.15) is 6.92 Å². The lowest BCUT2D eigenvalue weighted by atomic mass is 10.1. The summed E-state index contributed by atoms with van der Waals surface area (Å²) in [6, 6.07) is 12.5. The van der Waals surface area contributed by atoms with Gasteiger partial charge in [-0.15, -0.1) is 0 Å². The second kappa shape index (κ2) is 8.16. The number of carbonyl (C=O) groups is 1. The number of anilines is 3. The lowest BCUT2D eigenvalue weighted by Crippen LogP contribution is -2.57. The highest BCUT2D eigenvalue weighted by Crippen LogP contribution is 2.28. The van der Waals surface area contributed by atoms with Crippen LogP contribution in [-0.4, -0.2) is 43.0 Å². The van der Waals surface area contributed by atoms with Crippen LogP contribution in [0.25, 0.3) is 0 Å². The highest BCUT2D eigenvalue weighted by atomic mass is 35.5. The van der Waals surface area contributed by atoms with Gasteiger partial charge in [-0.05, 0) is 49.0 Å². The van der Waals surface area contributed by atoms with Crippen LogP contribution in [0.4, 0.5) is 17.1 Å². The predicted octanol–water partition coefficient (Wildman–Crippen LogP) is 3.72. The van der Waals surface area contributed by atoms with Gasteiger partial charge in [0.15, 0.2) is 0 Å². The van der Waals surface area contributed by atoms with Crippen molar-refractivity contribution in [3.8, 4) is 0 Å². The standard InChI is InChI=1S/C19H22Cl2N4O/c1-2-24-9-10-25(15-7-8-16(20)17(21)11-15)12-18(24)19(26)23-14-5-3-13(22)4-6-14/h3-8,11,18H,2,9-10,12,22H2,1H3,(H,23,26). The zero-order chi connectivity index (χ0) is 18.7. The first-order valence-electron chi connectivity index (χ1n) is 8.58. The number of halogens is 2. The van der Waals surface area contributed by atoms with E-state index in [2.05, 4.69) is 22.0 Å². The Labute approximate surface area is 163 Å². The number of carbonyl (C=O) groups excluding carboxylic acids is 1. The average molecular weight is 393 g/mol. The smallest absolute Gasteiger partial charge is 0.243 e. The maximum Gasteiger partial charge on any atom is 0.243 e. The van der Waals surface area contributed by atoms with Crippen LogP contribution in [0.15, 0.2) is 42.5 Å². The monoisotopic (exact) mass is 392 g/mol. The van der Waals surface area contributed by atoms with Gasteiger partial charge in [0.1, 0.15) is 6.04 Å². The van der Waals surface area contributed by atoms with Crippen molar-refractivity contribution in [1.29, 1.82) is 0 Å². The van der Waals surface area contributed by atoms with Gasteiger partial charge in [0.2, 0.25) is 5.91 Å². The summed E-state index contributed by atoms with van der Waals surface area (Å²) in [7, 11) is 0. The Morgan fingerprint density at radius 2 is 1.88 bits per heavy atom. The number of nitrogens with zero attached hydrogens (tertiary/aromatic N) is 2. The van der Waals surface area contributed by atoms with E-state index >= 15 is 0 Å². The fourth-order valence-electron chi connectivity index (χ4n) is 3.16. The van der Waals surface area contributed by atoms with Crippen molar-refractivity contribution in [3.63, 3.8) is 0 Å². The number of nitrogens with one attached hydrogen (secondary N) is 1. The number of rotatable bonds is 4. The Morgan fingerprint density at radius 3 is 2.54 bits per heavy atom. The molecule has 1 atom stereocenters. The molecule has 0 aromatic heterocycles. The molecule has 1 fully saturated rings. The van der Waals surface area contributed by atoms with E-state index < -0.39 is 0 Å². The first-order valence-corrected chi connectivity index (χ1v) is 9.34. The molecular weight excluding hydrogens is 371 g/mol. The van der Waals surface area contributed by atoms with Gasteiger partial charge in [-0.2, -0.15) is 0 Å². The quantitative estimate of drug-likeness (QED) is 0.778. The summed E-state index contributed by atoms with van der Waals surface area (Å²) < 4.78 is 0. The van der Waals surface area contributed by atoms with Gasteiger partial charge in [0.25, 0.3) is 0 Å². The minimum atomic E-state index is -0.249. The van der Waals surface area contributed by atoms with Gasteiger partial charge in [0.05, 0.1) is 10.0 Å². The molecule has 26 heavy (non-hydrogen) atoms. The van der Waals surface area contributed by atoms with Gasteiger partial charge < -0.3 is 16.0 Å². The molecule has 138 valence electrons. The Balaban J connectivity index is 1.75. The Morgan fingerprint density at radius 1 is 1.15 bits per heavy atom. The molecule has 7 heteroatoms. The Hall–Kier alpha value is -1.95.